The molecule has 8 aliphatic carbocycles. The minimum Gasteiger partial charge on any atom is -0.0842 e. The van der Waals surface area contributed by atoms with Crippen molar-refractivity contribution in [3.8, 4) is 0 Å². The molecule has 0 bridgehead atoms. The topological polar surface area (TPSA) is 0 Å². The highest BCUT2D eigenvalue weighted by Gasteiger charge is 2.33. The molecule has 0 spiro atoms. The van der Waals surface area contributed by atoms with Gasteiger partial charge in [0, 0.05) is 29.6 Å². The Kier molecular flexibility index (Phi) is 10.6. The van der Waals surface area contributed by atoms with E-state index in [0.29, 0.717) is 23.7 Å². The second-order valence-corrected chi connectivity index (χ2v) is 17.9. The molecule has 0 heteroatoms. The third-order valence-corrected chi connectivity index (χ3v) is 14.3. The van der Waals surface area contributed by atoms with Crippen LogP contribution in [0.2, 0.25) is 0 Å². The van der Waals surface area contributed by atoms with Crippen LogP contribution < -0.4 is 10.4 Å². The van der Waals surface area contributed by atoms with Crippen LogP contribution in [0.1, 0.15) is 78.7 Å². The van der Waals surface area contributed by atoms with Gasteiger partial charge < -0.3 is 0 Å². The van der Waals surface area contributed by atoms with Crippen molar-refractivity contribution in [2.45, 2.75) is 50.9 Å². The van der Waals surface area contributed by atoms with Gasteiger partial charge in [0.2, 0.25) is 0 Å². The first-order chi connectivity index (χ1) is 30.7. The van der Waals surface area contributed by atoms with Crippen LogP contribution in [-0.2, 0) is 0 Å². The van der Waals surface area contributed by atoms with Crippen molar-refractivity contribution in [1.82, 2.24) is 0 Å². The number of hydrogen-bond donors (Lipinski definition) is 0. The first-order valence-electron chi connectivity index (χ1n) is 23.1. The summed E-state index contributed by atoms with van der Waals surface area (Å²) in [6.07, 6.45) is 63.5. The molecule has 11 rings (SSSR count). The normalized spacial score (nSPS) is 25.7. The summed E-state index contributed by atoms with van der Waals surface area (Å²) in [5, 5.41) is 2.75. The summed E-state index contributed by atoms with van der Waals surface area (Å²) < 4.78 is 0. The smallest absolute Gasteiger partial charge is 0.0137 e. The van der Waals surface area contributed by atoms with E-state index in [0.717, 1.165) is 44.9 Å². The van der Waals surface area contributed by atoms with Crippen molar-refractivity contribution >= 4 is 28.4 Å². The van der Waals surface area contributed by atoms with Gasteiger partial charge in [-0.2, -0.15) is 0 Å². The van der Waals surface area contributed by atoms with Gasteiger partial charge in [0.15, 0.2) is 0 Å². The molecular formula is C62H54. The summed E-state index contributed by atoms with van der Waals surface area (Å²) in [7, 11) is 0. The lowest BCUT2D eigenvalue weighted by Crippen LogP contribution is -2.40. The van der Waals surface area contributed by atoms with Crippen molar-refractivity contribution in [1.29, 1.82) is 0 Å². The van der Waals surface area contributed by atoms with Gasteiger partial charge in [-0.05, 0) is 134 Å². The number of hydrogen-bond acceptors (Lipinski definition) is 0. The third-order valence-electron chi connectivity index (χ3n) is 14.3. The van der Waals surface area contributed by atoms with Gasteiger partial charge in [0.05, 0.1) is 0 Å². The molecular weight excluding hydrogens is 745 g/mol. The number of allylic oxidation sites excluding steroid dienone is 29. The van der Waals surface area contributed by atoms with E-state index < -0.39 is 0 Å². The molecule has 0 nitrogen and oxygen atoms in total. The van der Waals surface area contributed by atoms with Gasteiger partial charge >= 0.3 is 0 Å². The van der Waals surface area contributed by atoms with E-state index in [1.165, 1.54) is 82.8 Å². The zero-order valence-electron chi connectivity index (χ0n) is 35.5. The van der Waals surface area contributed by atoms with Gasteiger partial charge in [-0.3, -0.25) is 0 Å². The average molecular weight is 799 g/mol. The SMILES string of the molecule is C1=CCCC(C2=CC=C(C=Cc3ccc(C4=c5ccccc5=C(C5=CC=C(c6cc(C7=CCCC=C7)cc(C7C=CC=CC7)c6)CC5)C5C=CC=CC45)cc3)C3C=CC=CC23)=C1. The largest absolute Gasteiger partial charge is 0.0842 e. The van der Waals surface area contributed by atoms with E-state index in [2.05, 4.69) is 213 Å². The maximum atomic E-state index is 2.47. The maximum Gasteiger partial charge on any atom is 0.0137 e. The second-order valence-electron chi connectivity index (χ2n) is 17.9. The van der Waals surface area contributed by atoms with Crippen molar-refractivity contribution in [3.63, 3.8) is 0 Å². The highest BCUT2D eigenvalue weighted by atomic mass is 14.4. The Morgan fingerprint density at radius 3 is 1.95 bits per heavy atom. The summed E-state index contributed by atoms with van der Waals surface area (Å²) in [5.74, 6) is 1.76. The number of rotatable bonds is 8. The fraction of sp³-hybridized carbons (Fsp3) is 0.194. The van der Waals surface area contributed by atoms with Crippen molar-refractivity contribution < 1.29 is 0 Å². The summed E-state index contributed by atoms with van der Waals surface area (Å²) in [5.41, 5.74) is 18.2. The average Bonchev–Trinajstić information content (AvgIpc) is 3.36. The fourth-order valence-corrected chi connectivity index (χ4v) is 11.1. The Labute approximate surface area is 368 Å². The molecule has 5 atom stereocenters. The highest BCUT2D eigenvalue weighted by molar-refractivity contribution is 5.84. The predicted octanol–water partition coefficient (Wildman–Crippen LogP) is 14.1. The fourth-order valence-electron chi connectivity index (χ4n) is 11.1. The number of benzene rings is 3. The van der Waals surface area contributed by atoms with Crippen LogP contribution >= 0.6 is 0 Å². The lowest BCUT2D eigenvalue weighted by molar-refractivity contribution is 0.602. The summed E-state index contributed by atoms with van der Waals surface area (Å²) in [4.78, 5) is 0. The monoisotopic (exact) mass is 798 g/mol. The molecule has 8 aliphatic rings. The van der Waals surface area contributed by atoms with Crippen LogP contribution in [-0.4, -0.2) is 0 Å². The zero-order chi connectivity index (χ0) is 41.2. The lowest BCUT2D eigenvalue weighted by Gasteiger charge is -2.35. The quantitative estimate of drug-likeness (QED) is 0.213. The van der Waals surface area contributed by atoms with Gasteiger partial charge in [-0.15, -0.1) is 0 Å². The lowest BCUT2D eigenvalue weighted by atomic mass is 9.69. The predicted molar refractivity (Wildman–Crippen MR) is 264 cm³/mol. The molecule has 0 heterocycles. The van der Waals surface area contributed by atoms with Crippen LogP contribution in [0.3, 0.4) is 0 Å². The maximum absolute atomic E-state index is 2.47. The Morgan fingerprint density at radius 2 is 1.21 bits per heavy atom. The second kappa shape index (κ2) is 17.1. The van der Waals surface area contributed by atoms with E-state index in [1.54, 1.807) is 0 Å². The first kappa shape index (κ1) is 38.4. The Hall–Kier alpha value is -6.50. The molecule has 302 valence electrons. The van der Waals surface area contributed by atoms with Gasteiger partial charge in [0.1, 0.15) is 0 Å². The number of fused-ring (bicyclic) bond motifs is 3. The Balaban J connectivity index is 0.925. The molecule has 62 heavy (non-hydrogen) atoms. The molecule has 3 aromatic carbocycles. The minimum absolute atomic E-state index is 0.275. The Bertz CT molecular complexity index is 2920. The molecule has 0 fully saturated rings. The molecule has 5 unspecified atom stereocenters. The summed E-state index contributed by atoms with van der Waals surface area (Å²) >= 11 is 0. The van der Waals surface area contributed by atoms with Crippen LogP contribution in [0.4, 0.5) is 0 Å². The van der Waals surface area contributed by atoms with E-state index in [1.807, 2.05) is 0 Å². The molecule has 0 amide bonds. The third kappa shape index (κ3) is 7.47. The van der Waals surface area contributed by atoms with Gasteiger partial charge in [0.25, 0.3) is 0 Å². The van der Waals surface area contributed by atoms with E-state index in [9.17, 15) is 0 Å². The van der Waals surface area contributed by atoms with Crippen LogP contribution in [0.25, 0.3) is 28.4 Å². The standard InChI is InChI=1S/C62H54/c1-4-16-44(17-5-1)51-40-52(45-18-6-2-7-19-45)42-53(41-51)46-34-36-50(37-35-46)62-59-26-14-12-24-57(59)61(58-25-13-15-27-60(58)62)49-32-29-43(30-33-49)28-31-48-38-39-55(47-20-8-3-9-21-47)56-23-11-10-22-54(48)56/h1,3-6,8,10-16,18-20,22-34,36,38-42,44,54,56-57,59H,2,7,9,17,21,35,37H2. The highest BCUT2D eigenvalue weighted by Crippen LogP contribution is 2.45. The van der Waals surface area contributed by atoms with Crippen LogP contribution in [0.15, 0.2) is 229 Å². The molecule has 0 saturated heterocycles. The van der Waals surface area contributed by atoms with Crippen LogP contribution in [0, 0.1) is 23.7 Å². The van der Waals surface area contributed by atoms with E-state index >= 15 is 0 Å². The zero-order valence-corrected chi connectivity index (χ0v) is 35.5. The van der Waals surface area contributed by atoms with Crippen LogP contribution in [0.5, 0.6) is 0 Å². The first-order valence-corrected chi connectivity index (χ1v) is 23.1. The van der Waals surface area contributed by atoms with E-state index in [4.69, 9.17) is 0 Å². The summed E-state index contributed by atoms with van der Waals surface area (Å²) in [6.45, 7) is 0. The Morgan fingerprint density at radius 1 is 0.468 bits per heavy atom. The molecule has 0 aliphatic heterocycles. The molecule has 0 N–H and O–H groups in total. The van der Waals surface area contributed by atoms with Crippen molar-refractivity contribution in [2.24, 2.45) is 23.7 Å². The van der Waals surface area contributed by atoms with Gasteiger partial charge in [-0.25, -0.2) is 0 Å². The molecule has 3 aromatic rings. The van der Waals surface area contributed by atoms with Gasteiger partial charge in [-0.1, -0.05) is 206 Å². The van der Waals surface area contributed by atoms with Crippen molar-refractivity contribution in [2.75, 3.05) is 0 Å². The molecule has 0 radical (unpaired) electrons. The minimum atomic E-state index is 0.275. The molecule has 0 saturated carbocycles. The molecule has 0 aromatic heterocycles. The van der Waals surface area contributed by atoms with Crippen molar-refractivity contribution in [3.05, 3.63) is 267 Å². The summed E-state index contributed by atoms with van der Waals surface area (Å²) in [6, 6.07) is 25.9. The van der Waals surface area contributed by atoms with E-state index in [-0.39, 0.29) is 5.92 Å².